The van der Waals surface area contributed by atoms with E-state index in [0.717, 1.165) is 24.8 Å². The Balaban J connectivity index is 2.04. The molecule has 3 rings (SSSR count). The molecule has 0 aromatic heterocycles. The average Bonchev–Trinajstić information content (AvgIpc) is 2.74. The molecular formula is C29H34O. The summed E-state index contributed by atoms with van der Waals surface area (Å²) in [6, 6.07) is 11.3. The van der Waals surface area contributed by atoms with Crippen LogP contribution < -0.4 is 0 Å². The second-order valence-electron chi connectivity index (χ2n) is 8.53. The van der Waals surface area contributed by atoms with Crippen LogP contribution in [-0.4, -0.2) is 5.78 Å². The van der Waals surface area contributed by atoms with E-state index in [0.29, 0.717) is 6.42 Å². The maximum atomic E-state index is 11.6. The standard InChI is InChI=1S/C29H34O/c1-6-23(25-14-12-20(3)21(4)16-25)17-24(7-2)28-18-26-10-8-9-11-29(26)27(19-28)15-13-22(5)30/h6-7,12,14,16-19H,2,8-11,13,15H2,1,3-5H3/b23-6+,24-17+. The summed E-state index contributed by atoms with van der Waals surface area (Å²) < 4.78 is 0. The van der Waals surface area contributed by atoms with Gasteiger partial charge >= 0.3 is 0 Å². The van der Waals surface area contributed by atoms with E-state index in [1.165, 1.54) is 57.4 Å². The third-order valence-electron chi connectivity index (χ3n) is 6.32. The molecule has 0 saturated carbocycles. The van der Waals surface area contributed by atoms with Gasteiger partial charge in [0.2, 0.25) is 0 Å². The lowest BCUT2D eigenvalue weighted by Gasteiger charge is -2.22. The highest BCUT2D eigenvalue weighted by molar-refractivity contribution is 5.88. The maximum Gasteiger partial charge on any atom is 0.130 e. The number of benzene rings is 2. The number of aryl methyl sites for hydroxylation is 4. The SMILES string of the molecule is C=C/C(=C\C(=C/C)c1ccc(C)c(C)c1)c1cc2c(c(CCC(C)=O)c1)CCCC2. The van der Waals surface area contributed by atoms with Crippen molar-refractivity contribution in [3.8, 4) is 0 Å². The van der Waals surface area contributed by atoms with Crippen molar-refractivity contribution in [1.82, 2.24) is 0 Å². The molecule has 2 aromatic carbocycles. The Labute approximate surface area is 182 Å². The topological polar surface area (TPSA) is 17.1 Å². The minimum absolute atomic E-state index is 0.260. The van der Waals surface area contributed by atoms with Crippen molar-refractivity contribution in [2.45, 2.75) is 66.2 Å². The number of hydrogen-bond acceptors (Lipinski definition) is 1. The summed E-state index contributed by atoms with van der Waals surface area (Å²) in [6.45, 7) is 12.2. The molecule has 0 radical (unpaired) electrons. The van der Waals surface area contributed by atoms with Crippen molar-refractivity contribution >= 4 is 16.9 Å². The molecule has 1 aliphatic rings. The summed E-state index contributed by atoms with van der Waals surface area (Å²) in [7, 11) is 0. The van der Waals surface area contributed by atoms with Gasteiger partial charge in [0.1, 0.15) is 5.78 Å². The zero-order valence-electron chi connectivity index (χ0n) is 19.0. The van der Waals surface area contributed by atoms with Gasteiger partial charge in [-0.2, -0.15) is 0 Å². The van der Waals surface area contributed by atoms with Gasteiger partial charge in [0.05, 0.1) is 0 Å². The fourth-order valence-corrected chi connectivity index (χ4v) is 4.34. The molecule has 2 aromatic rings. The highest BCUT2D eigenvalue weighted by atomic mass is 16.1. The first-order valence-electron chi connectivity index (χ1n) is 11.2. The van der Waals surface area contributed by atoms with E-state index >= 15 is 0 Å². The first-order valence-corrected chi connectivity index (χ1v) is 11.2. The van der Waals surface area contributed by atoms with E-state index in [2.05, 4.69) is 69.8 Å². The smallest absolute Gasteiger partial charge is 0.130 e. The van der Waals surface area contributed by atoms with Crippen LogP contribution in [0.15, 0.2) is 55.1 Å². The van der Waals surface area contributed by atoms with Crippen molar-refractivity contribution in [3.05, 3.63) is 94.1 Å². The number of allylic oxidation sites excluding steroid dienone is 5. The summed E-state index contributed by atoms with van der Waals surface area (Å²) in [5.41, 5.74) is 11.7. The normalized spacial score (nSPS) is 14.4. The summed E-state index contributed by atoms with van der Waals surface area (Å²) in [5.74, 6) is 0.260. The predicted molar refractivity (Wildman–Crippen MR) is 130 cm³/mol. The molecule has 0 unspecified atom stereocenters. The number of carbonyl (C=O) groups excluding carboxylic acids is 1. The average molecular weight is 399 g/mol. The van der Waals surface area contributed by atoms with Crippen molar-refractivity contribution in [2.24, 2.45) is 0 Å². The highest BCUT2D eigenvalue weighted by Crippen LogP contribution is 2.32. The van der Waals surface area contributed by atoms with Gasteiger partial charge in [-0.1, -0.05) is 49.1 Å². The van der Waals surface area contributed by atoms with Gasteiger partial charge < -0.3 is 4.79 Å². The van der Waals surface area contributed by atoms with E-state index in [-0.39, 0.29) is 5.78 Å². The van der Waals surface area contributed by atoms with E-state index in [9.17, 15) is 4.79 Å². The summed E-state index contributed by atoms with van der Waals surface area (Å²) in [5, 5.41) is 0. The molecular weight excluding hydrogens is 364 g/mol. The molecule has 0 fully saturated rings. The molecule has 0 saturated heterocycles. The fraction of sp³-hybridized carbons (Fsp3) is 0.345. The molecule has 0 bridgehead atoms. The Kier molecular flexibility index (Phi) is 7.26. The molecule has 0 heterocycles. The lowest BCUT2D eigenvalue weighted by Crippen LogP contribution is -2.09. The third kappa shape index (κ3) is 5.08. The molecule has 1 heteroatoms. The van der Waals surface area contributed by atoms with Crippen LogP contribution in [-0.2, 0) is 24.1 Å². The third-order valence-corrected chi connectivity index (χ3v) is 6.32. The zero-order valence-corrected chi connectivity index (χ0v) is 19.0. The van der Waals surface area contributed by atoms with Gasteiger partial charge in [-0.05, 0) is 116 Å². The lowest BCUT2D eigenvalue weighted by atomic mass is 9.83. The number of Topliss-reactive ketones (excluding diaryl/α,β-unsaturated/α-hetero) is 1. The molecule has 0 atom stereocenters. The number of carbonyl (C=O) groups is 1. The van der Waals surface area contributed by atoms with Gasteiger partial charge in [-0.25, -0.2) is 0 Å². The van der Waals surface area contributed by atoms with Gasteiger partial charge in [0.15, 0.2) is 0 Å². The maximum absolute atomic E-state index is 11.6. The summed E-state index contributed by atoms with van der Waals surface area (Å²) in [6.07, 6.45) is 12.6. The molecule has 0 spiro atoms. The van der Waals surface area contributed by atoms with Crippen molar-refractivity contribution in [1.29, 1.82) is 0 Å². The van der Waals surface area contributed by atoms with Gasteiger partial charge in [0.25, 0.3) is 0 Å². The Hall–Kier alpha value is -2.67. The Bertz CT molecular complexity index is 1020. The molecule has 0 amide bonds. The number of ketones is 1. The van der Waals surface area contributed by atoms with E-state index in [1.807, 2.05) is 6.08 Å². The van der Waals surface area contributed by atoms with Crippen LogP contribution in [0.4, 0.5) is 0 Å². The molecule has 0 N–H and O–H groups in total. The monoisotopic (exact) mass is 398 g/mol. The second-order valence-corrected chi connectivity index (χ2v) is 8.53. The Morgan fingerprint density at radius 3 is 2.43 bits per heavy atom. The van der Waals surface area contributed by atoms with E-state index < -0.39 is 0 Å². The first-order chi connectivity index (χ1) is 14.4. The fourth-order valence-electron chi connectivity index (χ4n) is 4.34. The number of rotatable bonds is 7. The second kappa shape index (κ2) is 9.89. The van der Waals surface area contributed by atoms with Gasteiger partial charge in [-0.15, -0.1) is 0 Å². The van der Waals surface area contributed by atoms with Crippen LogP contribution in [0.1, 0.15) is 72.1 Å². The minimum atomic E-state index is 0.260. The lowest BCUT2D eigenvalue weighted by molar-refractivity contribution is -0.116. The summed E-state index contributed by atoms with van der Waals surface area (Å²) in [4.78, 5) is 11.6. The predicted octanol–water partition coefficient (Wildman–Crippen LogP) is 7.38. The Morgan fingerprint density at radius 1 is 1.00 bits per heavy atom. The number of hydrogen-bond donors (Lipinski definition) is 0. The molecule has 1 nitrogen and oxygen atoms in total. The van der Waals surface area contributed by atoms with Gasteiger partial charge in [-0.3, -0.25) is 0 Å². The molecule has 156 valence electrons. The highest BCUT2D eigenvalue weighted by Gasteiger charge is 2.16. The number of fused-ring (bicyclic) bond motifs is 1. The van der Waals surface area contributed by atoms with E-state index in [1.54, 1.807) is 6.92 Å². The molecule has 1 aliphatic carbocycles. The van der Waals surface area contributed by atoms with Crippen LogP contribution >= 0.6 is 0 Å². The van der Waals surface area contributed by atoms with Gasteiger partial charge in [0, 0.05) is 6.42 Å². The first kappa shape index (κ1) is 22.0. The minimum Gasteiger partial charge on any atom is -0.300 e. The molecule has 30 heavy (non-hydrogen) atoms. The van der Waals surface area contributed by atoms with Crippen LogP contribution in [0, 0.1) is 13.8 Å². The Morgan fingerprint density at radius 2 is 1.77 bits per heavy atom. The van der Waals surface area contributed by atoms with Crippen molar-refractivity contribution in [3.63, 3.8) is 0 Å². The van der Waals surface area contributed by atoms with Crippen molar-refractivity contribution in [2.75, 3.05) is 0 Å². The van der Waals surface area contributed by atoms with Crippen molar-refractivity contribution < 1.29 is 4.79 Å². The quantitative estimate of drug-likeness (QED) is 0.445. The largest absolute Gasteiger partial charge is 0.300 e. The molecule has 0 aliphatic heterocycles. The van der Waals surface area contributed by atoms with Crippen LogP contribution in [0.2, 0.25) is 0 Å². The summed E-state index contributed by atoms with van der Waals surface area (Å²) >= 11 is 0. The van der Waals surface area contributed by atoms with Crippen LogP contribution in [0.25, 0.3) is 11.1 Å². The van der Waals surface area contributed by atoms with Crippen LogP contribution in [0.5, 0.6) is 0 Å². The van der Waals surface area contributed by atoms with E-state index in [4.69, 9.17) is 0 Å². The zero-order chi connectivity index (χ0) is 21.7. The van der Waals surface area contributed by atoms with Crippen LogP contribution in [0.3, 0.4) is 0 Å².